The molecule has 1 atom stereocenters. The van der Waals surface area contributed by atoms with Gasteiger partial charge in [-0.2, -0.15) is 0 Å². The van der Waals surface area contributed by atoms with E-state index in [0.717, 1.165) is 12.3 Å². The molecule has 2 rings (SSSR count). The average Bonchev–Trinajstić information content (AvgIpc) is 2.60. The third-order valence-corrected chi connectivity index (χ3v) is 6.02. The first-order valence-electron chi connectivity index (χ1n) is 7.85. The first kappa shape index (κ1) is 21.7. The Kier molecular flexibility index (Phi) is 6.37. The molecular formula is C17H15F5N2O3S. The number of aromatic nitrogens is 1. The second-order valence-electron chi connectivity index (χ2n) is 5.97. The van der Waals surface area contributed by atoms with Gasteiger partial charge < -0.3 is 5.73 Å². The predicted molar refractivity (Wildman–Crippen MR) is 90.1 cm³/mol. The number of nitrogens with two attached hydrogens (primary N) is 1. The summed E-state index contributed by atoms with van der Waals surface area (Å²) in [5.41, 5.74) is 3.45. The van der Waals surface area contributed by atoms with Crippen LogP contribution in [0.25, 0.3) is 0 Å². The number of halogens is 5. The van der Waals surface area contributed by atoms with Crippen molar-refractivity contribution in [1.82, 2.24) is 4.98 Å². The lowest BCUT2D eigenvalue weighted by atomic mass is 10.00. The molecule has 0 aliphatic heterocycles. The number of hydrogen-bond acceptors (Lipinski definition) is 4. The molecule has 11 heteroatoms. The second-order valence-corrected chi connectivity index (χ2v) is 8.18. The molecule has 28 heavy (non-hydrogen) atoms. The minimum Gasteiger partial charge on any atom is -0.364 e. The zero-order valence-corrected chi connectivity index (χ0v) is 15.2. The topological polar surface area (TPSA) is 90.1 Å². The molecule has 0 saturated heterocycles. The number of carbonyl (C=O) groups excluding carboxylic acids is 1. The van der Waals surface area contributed by atoms with E-state index in [1.165, 1.54) is 6.92 Å². The molecule has 1 aromatic heterocycles. The Bertz CT molecular complexity index is 1010. The number of aryl methyl sites for hydroxylation is 1. The third kappa shape index (κ3) is 4.46. The van der Waals surface area contributed by atoms with Crippen molar-refractivity contribution in [3.05, 3.63) is 64.2 Å². The highest BCUT2D eigenvalue weighted by Gasteiger charge is 2.36. The van der Waals surface area contributed by atoms with Gasteiger partial charge in [0.05, 0.1) is 5.75 Å². The number of hydrogen-bond donors (Lipinski definition) is 1. The molecule has 5 nitrogen and oxygen atoms in total. The van der Waals surface area contributed by atoms with Gasteiger partial charge >= 0.3 is 0 Å². The van der Waals surface area contributed by atoms with Crippen molar-refractivity contribution >= 4 is 15.7 Å². The van der Waals surface area contributed by atoms with Gasteiger partial charge in [-0.25, -0.2) is 30.4 Å². The molecule has 0 spiro atoms. The first-order valence-corrected chi connectivity index (χ1v) is 9.56. The fourth-order valence-electron chi connectivity index (χ4n) is 2.66. The van der Waals surface area contributed by atoms with Crippen LogP contribution in [0.3, 0.4) is 0 Å². The van der Waals surface area contributed by atoms with Crippen LogP contribution < -0.4 is 5.73 Å². The average molecular weight is 422 g/mol. The van der Waals surface area contributed by atoms with Crippen molar-refractivity contribution < 1.29 is 35.2 Å². The monoisotopic (exact) mass is 422 g/mol. The lowest BCUT2D eigenvalue weighted by molar-refractivity contribution is 0.0995. The maximum Gasteiger partial charge on any atom is 0.267 e. The van der Waals surface area contributed by atoms with Gasteiger partial charge in [-0.15, -0.1) is 0 Å². The molecular weight excluding hydrogens is 407 g/mol. The molecule has 0 bridgehead atoms. The zero-order valence-electron chi connectivity index (χ0n) is 14.4. The molecule has 2 N–H and O–H groups in total. The summed E-state index contributed by atoms with van der Waals surface area (Å²) in [6, 6.07) is 2.09. The fourth-order valence-corrected chi connectivity index (χ4v) is 4.61. The van der Waals surface area contributed by atoms with Crippen LogP contribution >= 0.6 is 0 Å². The highest BCUT2D eigenvalue weighted by molar-refractivity contribution is 7.91. The van der Waals surface area contributed by atoms with Crippen molar-refractivity contribution in [2.45, 2.75) is 25.0 Å². The SMILES string of the molecule is Cc1cc(C(N)=O)ncc1C(c1c(F)ccc(F)c1F)S(=O)(=O)CCC(F)F. The van der Waals surface area contributed by atoms with Crippen molar-refractivity contribution in [3.63, 3.8) is 0 Å². The van der Waals surface area contributed by atoms with Crippen LogP contribution in [0, 0.1) is 24.4 Å². The molecule has 0 fully saturated rings. The number of amides is 1. The minimum absolute atomic E-state index is 0.0532. The van der Waals surface area contributed by atoms with Gasteiger partial charge in [0.2, 0.25) is 6.43 Å². The van der Waals surface area contributed by atoms with E-state index in [4.69, 9.17) is 5.73 Å². The van der Waals surface area contributed by atoms with Crippen LogP contribution in [0.2, 0.25) is 0 Å². The Morgan fingerprint density at radius 3 is 2.32 bits per heavy atom. The molecule has 2 aromatic rings. The highest BCUT2D eigenvalue weighted by atomic mass is 32.2. The number of nitrogens with zero attached hydrogens (tertiary/aromatic N) is 1. The summed E-state index contributed by atoms with van der Waals surface area (Å²) in [6.07, 6.45) is -3.21. The Morgan fingerprint density at radius 2 is 1.79 bits per heavy atom. The summed E-state index contributed by atoms with van der Waals surface area (Å²) in [5, 5.41) is -2.14. The van der Waals surface area contributed by atoms with Crippen molar-refractivity contribution in [1.29, 1.82) is 0 Å². The van der Waals surface area contributed by atoms with Crippen LogP contribution in [0.4, 0.5) is 22.0 Å². The number of alkyl halides is 2. The van der Waals surface area contributed by atoms with E-state index in [2.05, 4.69) is 4.98 Å². The number of sulfone groups is 1. The Morgan fingerprint density at radius 1 is 1.18 bits per heavy atom. The maximum atomic E-state index is 14.3. The Hall–Kier alpha value is -2.56. The highest BCUT2D eigenvalue weighted by Crippen LogP contribution is 2.37. The Labute approximate surface area is 157 Å². The van der Waals surface area contributed by atoms with Crippen molar-refractivity contribution in [2.75, 3.05) is 5.75 Å². The molecule has 152 valence electrons. The normalized spacial score (nSPS) is 13.0. The van der Waals surface area contributed by atoms with Crippen molar-refractivity contribution in [2.24, 2.45) is 5.73 Å². The molecule has 1 amide bonds. The van der Waals surface area contributed by atoms with Gasteiger partial charge in [0.25, 0.3) is 5.91 Å². The summed E-state index contributed by atoms with van der Waals surface area (Å²) in [4.78, 5) is 14.9. The van der Waals surface area contributed by atoms with Crippen LogP contribution in [0.5, 0.6) is 0 Å². The third-order valence-electron chi connectivity index (χ3n) is 4.01. The molecule has 1 heterocycles. The van der Waals surface area contributed by atoms with Crippen LogP contribution in [0.15, 0.2) is 24.4 Å². The summed E-state index contributed by atoms with van der Waals surface area (Å²) < 4.78 is 92.9. The first-order chi connectivity index (χ1) is 13.0. The van der Waals surface area contributed by atoms with Crippen LogP contribution in [0.1, 0.15) is 38.8 Å². The summed E-state index contributed by atoms with van der Waals surface area (Å²) in [6.45, 7) is 1.31. The van der Waals surface area contributed by atoms with Crippen molar-refractivity contribution in [3.8, 4) is 0 Å². The number of pyridine rings is 1. The molecule has 0 aliphatic carbocycles. The number of benzene rings is 1. The summed E-state index contributed by atoms with van der Waals surface area (Å²) >= 11 is 0. The van der Waals surface area contributed by atoms with E-state index in [-0.39, 0.29) is 16.8 Å². The molecule has 0 saturated carbocycles. The van der Waals surface area contributed by atoms with E-state index in [9.17, 15) is 35.2 Å². The lowest BCUT2D eigenvalue weighted by Crippen LogP contribution is -2.24. The summed E-state index contributed by atoms with van der Waals surface area (Å²) in [7, 11) is -4.62. The van der Waals surface area contributed by atoms with Gasteiger partial charge in [-0.1, -0.05) is 0 Å². The zero-order chi connectivity index (χ0) is 21.2. The summed E-state index contributed by atoms with van der Waals surface area (Å²) in [5.74, 6) is -6.69. The second kappa shape index (κ2) is 8.21. The van der Waals surface area contributed by atoms with Gasteiger partial charge in [0.15, 0.2) is 21.5 Å². The van der Waals surface area contributed by atoms with Gasteiger partial charge in [0, 0.05) is 18.2 Å². The van der Waals surface area contributed by atoms with Gasteiger partial charge in [-0.3, -0.25) is 9.78 Å². The van der Waals surface area contributed by atoms with E-state index >= 15 is 0 Å². The number of primary amides is 1. The largest absolute Gasteiger partial charge is 0.364 e. The van der Waals surface area contributed by atoms with Crippen LogP contribution in [-0.2, 0) is 9.84 Å². The molecule has 0 radical (unpaired) electrons. The predicted octanol–water partition coefficient (Wildman–Crippen LogP) is 3.07. The van der Waals surface area contributed by atoms with E-state index < -0.39 is 62.6 Å². The molecule has 1 aromatic carbocycles. The van der Waals surface area contributed by atoms with Crippen LogP contribution in [-0.4, -0.2) is 31.5 Å². The fraction of sp³-hybridized carbons (Fsp3) is 0.294. The molecule has 1 unspecified atom stereocenters. The van der Waals surface area contributed by atoms with E-state index in [1.807, 2.05) is 0 Å². The van der Waals surface area contributed by atoms with E-state index in [0.29, 0.717) is 12.1 Å². The smallest absolute Gasteiger partial charge is 0.267 e. The van der Waals surface area contributed by atoms with E-state index in [1.54, 1.807) is 0 Å². The standard InChI is InChI=1S/C17H15F5N2O3S/c1-8-6-12(17(23)25)24-7-9(8)16(28(26,27)5-4-13(20)21)14-10(18)2-3-11(19)15(14)22/h2-3,6-7,13,16H,4-5H2,1H3,(H2,23,25). The number of rotatable bonds is 7. The van der Waals surface area contributed by atoms with Gasteiger partial charge in [-0.05, 0) is 36.2 Å². The minimum atomic E-state index is -4.62. The van der Waals surface area contributed by atoms with Gasteiger partial charge in [0.1, 0.15) is 16.8 Å². The Balaban J connectivity index is 2.75. The molecule has 0 aliphatic rings. The quantitative estimate of drug-likeness (QED) is 0.549. The lowest BCUT2D eigenvalue weighted by Gasteiger charge is -2.21. The number of carbonyl (C=O) groups is 1. The maximum absolute atomic E-state index is 14.3.